The fraction of sp³-hybridized carbons (Fsp3) is 0. The molecule has 2 aromatic heterocycles. The van der Waals surface area contributed by atoms with Crippen LogP contribution in [0.2, 0.25) is 0 Å². The second-order valence-electron chi connectivity index (χ2n) is 10.4. The number of benzene rings is 5. The first-order valence-corrected chi connectivity index (χ1v) is 16.0. The number of aromatic nitrogens is 2. The van der Waals surface area contributed by atoms with E-state index in [4.69, 9.17) is 9.97 Å². The fourth-order valence-corrected chi connectivity index (χ4v) is 7.66. The van der Waals surface area contributed by atoms with Crippen LogP contribution in [0.25, 0.3) is 43.5 Å². The summed E-state index contributed by atoms with van der Waals surface area (Å²) in [5.41, 5.74) is 10.8. The summed E-state index contributed by atoms with van der Waals surface area (Å²) in [5, 5.41) is 1.99. The number of anilines is 6. The maximum atomic E-state index is 4.87. The molecule has 5 aromatic carbocycles. The molecule has 3 heterocycles. The highest BCUT2D eigenvalue weighted by molar-refractivity contribution is 7.21. The molecule has 0 N–H and O–H groups in total. The van der Waals surface area contributed by atoms with Crippen molar-refractivity contribution in [2.24, 2.45) is 0 Å². The van der Waals surface area contributed by atoms with E-state index >= 15 is 0 Å². The Balaban J connectivity index is 1.18. The zero-order valence-electron chi connectivity index (χ0n) is 23.7. The third-order valence-electron chi connectivity index (χ3n) is 7.83. The number of fused-ring (bicyclic) bond motifs is 3. The fourth-order valence-electron chi connectivity index (χ4n) is 5.76. The smallest absolute Gasteiger partial charge is 0.124 e. The minimum atomic E-state index is 0.871. The van der Waals surface area contributed by atoms with E-state index in [1.165, 1.54) is 4.70 Å². The van der Waals surface area contributed by atoms with Crippen molar-refractivity contribution >= 4 is 79.2 Å². The highest BCUT2D eigenvalue weighted by Crippen LogP contribution is 2.54. The average Bonchev–Trinajstić information content (AvgIpc) is 3.72. The molecule has 4 nitrogen and oxygen atoms in total. The van der Waals surface area contributed by atoms with Crippen molar-refractivity contribution in [2.75, 3.05) is 9.80 Å². The molecule has 0 atom stereocenters. The molecule has 1 aliphatic heterocycles. The van der Waals surface area contributed by atoms with Crippen molar-refractivity contribution in [2.45, 2.75) is 0 Å². The molecular weight excluding hydrogens is 577 g/mol. The van der Waals surface area contributed by atoms with E-state index in [-0.39, 0.29) is 0 Å². The van der Waals surface area contributed by atoms with Gasteiger partial charge in [0, 0.05) is 22.5 Å². The molecule has 0 fully saturated rings. The molecule has 6 heteroatoms. The second kappa shape index (κ2) is 10.8. The highest BCUT2D eigenvalue weighted by Gasteiger charge is 2.30. The number of hydrogen-bond acceptors (Lipinski definition) is 6. The van der Waals surface area contributed by atoms with Gasteiger partial charge in [-0.05, 0) is 97.1 Å². The van der Waals surface area contributed by atoms with E-state index in [9.17, 15) is 0 Å². The van der Waals surface area contributed by atoms with E-state index in [1.807, 2.05) is 12.1 Å². The highest BCUT2D eigenvalue weighted by atomic mass is 32.1. The lowest BCUT2D eigenvalue weighted by molar-refractivity contribution is 1.17. The summed E-state index contributed by atoms with van der Waals surface area (Å²) in [6, 6.07) is 42.9. The van der Waals surface area contributed by atoms with Gasteiger partial charge < -0.3 is 9.80 Å². The van der Waals surface area contributed by atoms with Crippen LogP contribution in [0.5, 0.6) is 0 Å². The van der Waals surface area contributed by atoms with Gasteiger partial charge in [-0.15, -0.1) is 22.7 Å². The topological polar surface area (TPSA) is 32.3 Å². The third-order valence-corrected chi connectivity index (χ3v) is 10.0. The van der Waals surface area contributed by atoms with Gasteiger partial charge in [-0.25, -0.2) is 9.97 Å². The lowest BCUT2D eigenvalue weighted by Gasteiger charge is -2.40. The van der Waals surface area contributed by atoms with Gasteiger partial charge in [0.15, 0.2) is 0 Å². The second-order valence-corrected chi connectivity index (χ2v) is 12.5. The zero-order chi connectivity index (χ0) is 29.6. The van der Waals surface area contributed by atoms with E-state index in [0.29, 0.717) is 0 Å². The van der Waals surface area contributed by atoms with Gasteiger partial charge in [0.25, 0.3) is 0 Å². The van der Waals surface area contributed by atoms with Gasteiger partial charge in [0.1, 0.15) is 10.0 Å². The number of rotatable bonds is 6. The molecule has 0 radical (unpaired) electrons. The largest absolute Gasteiger partial charge is 0.306 e. The Bertz CT molecular complexity index is 2070. The third kappa shape index (κ3) is 4.35. The van der Waals surface area contributed by atoms with Crippen LogP contribution in [0.1, 0.15) is 10.6 Å². The Morgan fingerprint density at radius 1 is 0.500 bits per heavy atom. The van der Waals surface area contributed by atoms with Crippen molar-refractivity contribution < 1.29 is 0 Å². The molecule has 0 unspecified atom stereocenters. The molecule has 0 bridgehead atoms. The van der Waals surface area contributed by atoms with Crippen LogP contribution in [-0.2, 0) is 0 Å². The summed E-state index contributed by atoms with van der Waals surface area (Å²) in [6.07, 6.45) is 3.63. The van der Waals surface area contributed by atoms with Crippen LogP contribution in [0, 0.1) is 0 Å². The van der Waals surface area contributed by atoms with Crippen LogP contribution >= 0.6 is 22.7 Å². The summed E-state index contributed by atoms with van der Waals surface area (Å²) < 4.78 is 1.20. The van der Waals surface area contributed by atoms with Gasteiger partial charge in [0.05, 0.1) is 43.5 Å². The number of para-hydroxylation sites is 5. The first-order valence-electron chi connectivity index (χ1n) is 14.3. The van der Waals surface area contributed by atoms with Crippen molar-refractivity contribution in [3.05, 3.63) is 145 Å². The number of hydrogen-bond donors (Lipinski definition) is 0. The van der Waals surface area contributed by atoms with E-state index in [2.05, 4.69) is 138 Å². The summed E-state index contributed by atoms with van der Waals surface area (Å²) in [7, 11) is 0. The molecule has 7 aromatic rings. The molecule has 0 aliphatic carbocycles. The molecule has 0 spiro atoms. The van der Waals surface area contributed by atoms with Gasteiger partial charge in [-0.1, -0.05) is 49.6 Å². The molecule has 0 saturated carbocycles. The Morgan fingerprint density at radius 2 is 0.977 bits per heavy atom. The number of thiazole rings is 2. The predicted octanol–water partition coefficient (Wildman–Crippen LogP) is 11.6. The lowest BCUT2D eigenvalue weighted by Crippen LogP contribution is -2.23. The molecule has 1 aliphatic rings. The Hall–Kier alpha value is -5.30. The quantitative estimate of drug-likeness (QED) is 0.189. The lowest BCUT2D eigenvalue weighted by atomic mass is 10.0. The minimum absolute atomic E-state index is 0.871. The van der Waals surface area contributed by atoms with Gasteiger partial charge in [-0.3, -0.25) is 0 Å². The molecule has 44 heavy (non-hydrogen) atoms. The normalized spacial score (nSPS) is 12.2. The average molecular weight is 603 g/mol. The first kappa shape index (κ1) is 26.3. The predicted molar refractivity (Wildman–Crippen MR) is 189 cm³/mol. The van der Waals surface area contributed by atoms with E-state index < -0.39 is 0 Å². The van der Waals surface area contributed by atoms with Crippen LogP contribution in [-0.4, -0.2) is 9.97 Å². The Morgan fingerprint density at radius 3 is 1.43 bits per heavy atom. The molecule has 8 rings (SSSR count). The van der Waals surface area contributed by atoms with E-state index in [1.54, 1.807) is 28.7 Å². The van der Waals surface area contributed by atoms with Crippen LogP contribution in [0.3, 0.4) is 0 Å². The van der Waals surface area contributed by atoms with Gasteiger partial charge >= 0.3 is 0 Å². The summed E-state index contributed by atoms with van der Waals surface area (Å²) in [5.74, 6) is 0. The Kier molecular flexibility index (Phi) is 6.44. The zero-order valence-corrected chi connectivity index (χ0v) is 25.4. The van der Waals surface area contributed by atoms with Crippen LogP contribution in [0.15, 0.2) is 134 Å². The van der Waals surface area contributed by atoms with Crippen molar-refractivity contribution in [1.29, 1.82) is 0 Å². The SMILES string of the molecule is C=Cc1nc(-c2ccc(N3c4ccccc4N(c4ccc(-c5nc6ccccc6s5)cc4)c4ccccc43)cc2)sc1C=C. The first-order chi connectivity index (χ1) is 21.7. The standard InChI is InChI=1S/C38H26N4S2/c1-3-29-35(4-2)43-37(39-29)25-17-21-27(22-18-25)41-31-12-6-8-14-33(31)42(34-15-9-7-13-32(34)41)28-23-19-26(20-24-28)38-40-30-11-5-10-16-36(30)44-38/h3-24H,1-2H2. The van der Waals surface area contributed by atoms with Crippen molar-refractivity contribution in [3.63, 3.8) is 0 Å². The summed E-state index contributed by atoms with van der Waals surface area (Å²) >= 11 is 3.36. The minimum Gasteiger partial charge on any atom is -0.306 e. The van der Waals surface area contributed by atoms with Crippen molar-refractivity contribution in [3.8, 4) is 21.1 Å². The number of nitrogens with zero attached hydrogens (tertiary/aromatic N) is 4. The summed E-state index contributed by atoms with van der Waals surface area (Å²) in [4.78, 5) is 15.4. The molecule has 0 amide bonds. The van der Waals surface area contributed by atoms with Crippen LogP contribution in [0.4, 0.5) is 34.1 Å². The monoisotopic (exact) mass is 602 g/mol. The van der Waals surface area contributed by atoms with Crippen LogP contribution < -0.4 is 9.80 Å². The molecule has 210 valence electrons. The maximum absolute atomic E-state index is 4.87. The maximum Gasteiger partial charge on any atom is 0.124 e. The van der Waals surface area contributed by atoms with Gasteiger partial charge in [0.2, 0.25) is 0 Å². The summed E-state index contributed by atoms with van der Waals surface area (Å²) in [6.45, 7) is 7.83. The Labute approximate surface area is 264 Å². The molecule has 0 saturated heterocycles. The van der Waals surface area contributed by atoms with E-state index in [0.717, 1.165) is 71.4 Å². The van der Waals surface area contributed by atoms with Crippen molar-refractivity contribution in [1.82, 2.24) is 9.97 Å². The molecular formula is C38H26N4S2. The van der Waals surface area contributed by atoms with Gasteiger partial charge in [-0.2, -0.15) is 0 Å².